The molecule has 2 amide bonds. The van der Waals surface area contributed by atoms with Crippen LogP contribution in [0.4, 0.5) is 10.6 Å². The third-order valence-electron chi connectivity index (χ3n) is 4.02. The lowest BCUT2D eigenvalue weighted by Crippen LogP contribution is -2.42. The molecule has 1 aliphatic rings. The van der Waals surface area contributed by atoms with E-state index in [1.807, 2.05) is 0 Å². The van der Waals surface area contributed by atoms with E-state index in [0.717, 1.165) is 32.1 Å². The summed E-state index contributed by atoms with van der Waals surface area (Å²) in [6.45, 7) is 0.387. The molecule has 0 saturated heterocycles. The van der Waals surface area contributed by atoms with Crippen molar-refractivity contribution in [3.63, 3.8) is 0 Å². The second-order valence-corrected chi connectivity index (χ2v) is 5.81. The summed E-state index contributed by atoms with van der Waals surface area (Å²) in [7, 11) is 1.77. The van der Waals surface area contributed by atoms with Crippen LogP contribution in [-0.2, 0) is 11.8 Å². The predicted molar refractivity (Wildman–Crippen MR) is 78.0 cm³/mol. The first-order valence-corrected chi connectivity index (χ1v) is 7.25. The van der Waals surface area contributed by atoms with Gasteiger partial charge in [-0.1, -0.05) is 19.3 Å². The molecule has 7 nitrogen and oxygen atoms in total. The molecule has 0 aliphatic heterocycles. The number of carboxylic acid groups (broad SMARTS) is 1. The standard InChI is InChI=1S/C14H22N4O3/c1-18-8-5-11(17-18)16-13(21)15-10-14(9-12(19)20)6-3-2-4-7-14/h5,8H,2-4,6-7,9-10H2,1H3,(H,19,20)(H2,15,16,17,21). The zero-order chi connectivity index (χ0) is 15.3. The van der Waals surface area contributed by atoms with Gasteiger partial charge in [0.2, 0.25) is 0 Å². The minimum Gasteiger partial charge on any atom is -0.481 e. The van der Waals surface area contributed by atoms with Crippen molar-refractivity contribution in [1.82, 2.24) is 15.1 Å². The monoisotopic (exact) mass is 294 g/mol. The van der Waals surface area contributed by atoms with Crippen LogP contribution in [0.5, 0.6) is 0 Å². The summed E-state index contributed by atoms with van der Waals surface area (Å²) < 4.78 is 1.60. The van der Waals surface area contributed by atoms with E-state index in [-0.39, 0.29) is 17.9 Å². The molecule has 7 heteroatoms. The molecule has 1 aliphatic carbocycles. The average Bonchev–Trinajstić information content (AvgIpc) is 2.82. The Morgan fingerprint density at radius 3 is 2.67 bits per heavy atom. The van der Waals surface area contributed by atoms with Crippen LogP contribution >= 0.6 is 0 Å². The molecule has 0 spiro atoms. The van der Waals surface area contributed by atoms with E-state index < -0.39 is 5.97 Å². The average molecular weight is 294 g/mol. The van der Waals surface area contributed by atoms with Crippen molar-refractivity contribution in [2.75, 3.05) is 11.9 Å². The molecule has 21 heavy (non-hydrogen) atoms. The van der Waals surface area contributed by atoms with Crippen molar-refractivity contribution in [2.24, 2.45) is 12.5 Å². The number of nitrogens with zero attached hydrogens (tertiary/aromatic N) is 2. The number of anilines is 1. The number of carbonyl (C=O) groups excluding carboxylic acids is 1. The Morgan fingerprint density at radius 1 is 1.38 bits per heavy atom. The molecule has 0 aromatic carbocycles. The van der Waals surface area contributed by atoms with E-state index in [1.54, 1.807) is 24.0 Å². The van der Waals surface area contributed by atoms with E-state index in [0.29, 0.717) is 12.4 Å². The zero-order valence-corrected chi connectivity index (χ0v) is 12.3. The first kappa shape index (κ1) is 15.3. The van der Waals surface area contributed by atoms with Gasteiger partial charge in [0.25, 0.3) is 0 Å². The van der Waals surface area contributed by atoms with Crippen molar-refractivity contribution in [1.29, 1.82) is 0 Å². The Morgan fingerprint density at radius 2 is 2.10 bits per heavy atom. The number of hydrogen-bond acceptors (Lipinski definition) is 3. The molecule has 0 unspecified atom stereocenters. The van der Waals surface area contributed by atoms with Crippen LogP contribution in [0.3, 0.4) is 0 Å². The molecule has 1 fully saturated rings. The lowest BCUT2D eigenvalue weighted by molar-refractivity contribution is -0.140. The minimum absolute atomic E-state index is 0.108. The summed E-state index contributed by atoms with van der Waals surface area (Å²) >= 11 is 0. The first-order chi connectivity index (χ1) is 9.99. The molecule has 1 saturated carbocycles. The molecular formula is C14H22N4O3. The van der Waals surface area contributed by atoms with Crippen molar-refractivity contribution in [3.8, 4) is 0 Å². The zero-order valence-electron chi connectivity index (χ0n) is 12.3. The molecule has 1 aromatic rings. The van der Waals surface area contributed by atoms with E-state index >= 15 is 0 Å². The molecule has 0 radical (unpaired) electrons. The van der Waals surface area contributed by atoms with Crippen LogP contribution in [0.15, 0.2) is 12.3 Å². The number of aromatic nitrogens is 2. The lowest BCUT2D eigenvalue weighted by Gasteiger charge is -2.36. The highest BCUT2D eigenvalue weighted by Crippen LogP contribution is 2.38. The number of aryl methyl sites for hydroxylation is 1. The maximum Gasteiger partial charge on any atom is 0.320 e. The van der Waals surface area contributed by atoms with Crippen LogP contribution in [-0.4, -0.2) is 33.4 Å². The maximum atomic E-state index is 11.9. The molecular weight excluding hydrogens is 272 g/mol. The maximum absolute atomic E-state index is 11.9. The lowest BCUT2D eigenvalue weighted by atomic mass is 9.72. The van der Waals surface area contributed by atoms with Gasteiger partial charge >= 0.3 is 12.0 Å². The quantitative estimate of drug-likeness (QED) is 0.773. The SMILES string of the molecule is Cn1ccc(NC(=O)NCC2(CC(=O)O)CCCCC2)n1. The summed E-state index contributed by atoms with van der Waals surface area (Å²) in [5.74, 6) is -0.324. The number of hydrogen-bond donors (Lipinski definition) is 3. The normalized spacial score (nSPS) is 17.2. The molecule has 0 bridgehead atoms. The van der Waals surface area contributed by atoms with Crippen LogP contribution < -0.4 is 10.6 Å². The van der Waals surface area contributed by atoms with Crippen molar-refractivity contribution in [3.05, 3.63) is 12.3 Å². The molecule has 3 N–H and O–H groups in total. The van der Waals surface area contributed by atoms with Gasteiger partial charge in [-0.15, -0.1) is 0 Å². The Bertz CT molecular complexity index is 506. The first-order valence-electron chi connectivity index (χ1n) is 7.25. The molecule has 116 valence electrons. The molecule has 1 aromatic heterocycles. The Kier molecular flexibility index (Phi) is 4.82. The van der Waals surface area contributed by atoms with E-state index in [1.165, 1.54) is 0 Å². The highest BCUT2D eigenvalue weighted by Gasteiger charge is 2.34. The fraction of sp³-hybridized carbons (Fsp3) is 0.643. The molecule has 1 heterocycles. The van der Waals surface area contributed by atoms with Gasteiger partial charge in [0, 0.05) is 25.9 Å². The van der Waals surface area contributed by atoms with Gasteiger partial charge in [0.05, 0.1) is 6.42 Å². The van der Waals surface area contributed by atoms with Crippen LogP contribution in [0, 0.1) is 5.41 Å². The summed E-state index contributed by atoms with van der Waals surface area (Å²) in [6, 6.07) is 1.36. The van der Waals surface area contributed by atoms with Crippen LogP contribution in [0.1, 0.15) is 38.5 Å². The van der Waals surface area contributed by atoms with Gasteiger partial charge < -0.3 is 10.4 Å². The number of amides is 2. The number of urea groups is 1. The van der Waals surface area contributed by atoms with E-state index in [4.69, 9.17) is 5.11 Å². The second kappa shape index (κ2) is 6.60. The van der Waals surface area contributed by atoms with Gasteiger partial charge in [-0.2, -0.15) is 5.10 Å². The largest absolute Gasteiger partial charge is 0.481 e. The third kappa shape index (κ3) is 4.47. The number of aliphatic carboxylic acids is 1. The van der Waals surface area contributed by atoms with Gasteiger partial charge in [-0.25, -0.2) is 4.79 Å². The second-order valence-electron chi connectivity index (χ2n) is 5.81. The number of rotatable bonds is 5. The number of carbonyl (C=O) groups is 2. The van der Waals surface area contributed by atoms with Gasteiger partial charge in [0.1, 0.15) is 0 Å². The Labute approximate surface area is 123 Å². The smallest absolute Gasteiger partial charge is 0.320 e. The van der Waals surface area contributed by atoms with Crippen LogP contribution in [0.25, 0.3) is 0 Å². The summed E-state index contributed by atoms with van der Waals surface area (Å²) in [5.41, 5.74) is -0.314. The van der Waals surface area contributed by atoms with Gasteiger partial charge in [-0.3, -0.25) is 14.8 Å². The molecule has 0 atom stereocenters. The van der Waals surface area contributed by atoms with Gasteiger partial charge in [-0.05, 0) is 18.3 Å². The van der Waals surface area contributed by atoms with Crippen molar-refractivity contribution in [2.45, 2.75) is 38.5 Å². The van der Waals surface area contributed by atoms with Crippen molar-refractivity contribution < 1.29 is 14.7 Å². The third-order valence-corrected chi connectivity index (χ3v) is 4.02. The minimum atomic E-state index is -0.802. The summed E-state index contributed by atoms with van der Waals surface area (Å²) in [4.78, 5) is 22.9. The topological polar surface area (TPSA) is 96.2 Å². The summed E-state index contributed by atoms with van der Waals surface area (Å²) in [5, 5.41) is 18.6. The van der Waals surface area contributed by atoms with Crippen LogP contribution in [0.2, 0.25) is 0 Å². The fourth-order valence-electron chi connectivity index (χ4n) is 2.95. The van der Waals surface area contributed by atoms with Crippen molar-refractivity contribution >= 4 is 17.8 Å². The fourth-order valence-corrected chi connectivity index (χ4v) is 2.95. The molecule has 2 rings (SSSR count). The van der Waals surface area contributed by atoms with Gasteiger partial charge in [0.15, 0.2) is 5.82 Å². The van der Waals surface area contributed by atoms with E-state index in [9.17, 15) is 9.59 Å². The summed E-state index contributed by atoms with van der Waals surface area (Å²) in [6.07, 6.45) is 6.74. The number of carboxylic acids is 1. The highest BCUT2D eigenvalue weighted by molar-refractivity contribution is 5.88. The highest BCUT2D eigenvalue weighted by atomic mass is 16.4. The van der Waals surface area contributed by atoms with E-state index in [2.05, 4.69) is 15.7 Å². The predicted octanol–water partition coefficient (Wildman–Crippen LogP) is 1.97. The Hall–Kier alpha value is -2.05. The number of nitrogens with one attached hydrogen (secondary N) is 2. The Balaban J connectivity index is 1.88.